The van der Waals surface area contributed by atoms with Gasteiger partial charge in [0.2, 0.25) is 11.8 Å². The number of carbonyl (C=O) groups is 2. The van der Waals surface area contributed by atoms with Gasteiger partial charge in [0.05, 0.1) is 19.9 Å². The van der Waals surface area contributed by atoms with Crippen LogP contribution in [0.3, 0.4) is 0 Å². The summed E-state index contributed by atoms with van der Waals surface area (Å²) in [6.45, 7) is 0.151. The Morgan fingerprint density at radius 2 is 2.03 bits per heavy atom. The number of amides is 2. The summed E-state index contributed by atoms with van der Waals surface area (Å²) < 4.78 is 10.8. The number of ether oxygens (including phenoxy) is 1. The van der Waals surface area contributed by atoms with Crippen LogP contribution in [0.15, 0.2) is 47.1 Å². The van der Waals surface area contributed by atoms with Gasteiger partial charge in [0, 0.05) is 6.04 Å². The zero-order chi connectivity index (χ0) is 20.6. The highest BCUT2D eigenvalue weighted by Gasteiger charge is 2.33. The molecule has 1 saturated carbocycles. The molecule has 0 bridgehead atoms. The van der Waals surface area contributed by atoms with Gasteiger partial charge in [0.15, 0.2) is 0 Å². The monoisotopic (exact) mass is 418 g/mol. The standard InChI is InChI=1S/C22H27ClN2O4/c1-28-18-10-5-7-16(13-18)21(22(27)24-17-8-3-2-4-9-17)25(20(26)14-23)15-19-11-6-12-29-19/h5-7,10-13,17,21H,2-4,8-9,14-15H2,1H3,(H,24,27)/t21-/m1/s1. The van der Waals surface area contributed by atoms with Crippen LogP contribution in [0.4, 0.5) is 0 Å². The van der Waals surface area contributed by atoms with E-state index in [0.29, 0.717) is 17.1 Å². The number of furan rings is 1. The van der Waals surface area contributed by atoms with Crippen LogP contribution in [0.5, 0.6) is 5.75 Å². The van der Waals surface area contributed by atoms with Crippen molar-refractivity contribution in [1.29, 1.82) is 0 Å². The number of hydrogen-bond donors (Lipinski definition) is 1. The molecule has 29 heavy (non-hydrogen) atoms. The summed E-state index contributed by atoms with van der Waals surface area (Å²) in [6, 6.07) is 10.0. The fraction of sp³-hybridized carbons (Fsp3) is 0.455. The molecule has 7 heteroatoms. The largest absolute Gasteiger partial charge is 0.497 e. The van der Waals surface area contributed by atoms with Gasteiger partial charge in [-0.3, -0.25) is 9.59 Å². The van der Waals surface area contributed by atoms with E-state index < -0.39 is 6.04 Å². The SMILES string of the molecule is COc1cccc([C@H](C(=O)NC2CCCCC2)N(Cc2ccco2)C(=O)CCl)c1. The highest BCUT2D eigenvalue weighted by atomic mass is 35.5. The molecule has 0 spiro atoms. The third-order valence-electron chi connectivity index (χ3n) is 5.26. The van der Waals surface area contributed by atoms with Gasteiger partial charge < -0.3 is 19.4 Å². The van der Waals surface area contributed by atoms with Gasteiger partial charge in [0.1, 0.15) is 23.4 Å². The predicted octanol–water partition coefficient (Wildman–Crippen LogP) is 4.05. The minimum atomic E-state index is -0.830. The van der Waals surface area contributed by atoms with Gasteiger partial charge in [-0.2, -0.15) is 0 Å². The second-order valence-corrected chi connectivity index (χ2v) is 7.52. The summed E-state index contributed by atoms with van der Waals surface area (Å²) in [4.78, 5) is 27.6. The molecule has 3 rings (SSSR count). The number of carbonyl (C=O) groups excluding carboxylic acids is 2. The van der Waals surface area contributed by atoms with Crippen LogP contribution in [0.25, 0.3) is 0 Å². The zero-order valence-corrected chi connectivity index (χ0v) is 17.4. The van der Waals surface area contributed by atoms with Crippen molar-refractivity contribution in [3.63, 3.8) is 0 Å². The van der Waals surface area contributed by atoms with Crippen LogP contribution in [0.2, 0.25) is 0 Å². The minimum Gasteiger partial charge on any atom is -0.497 e. The Balaban J connectivity index is 1.93. The molecule has 156 valence electrons. The van der Waals surface area contributed by atoms with E-state index >= 15 is 0 Å². The first-order valence-corrected chi connectivity index (χ1v) is 10.5. The molecule has 0 aliphatic heterocycles. The normalized spacial score (nSPS) is 15.5. The van der Waals surface area contributed by atoms with Gasteiger partial charge in [-0.15, -0.1) is 11.6 Å². The van der Waals surface area contributed by atoms with E-state index in [1.165, 1.54) is 11.3 Å². The number of rotatable bonds is 8. The second-order valence-electron chi connectivity index (χ2n) is 7.26. The molecule has 1 fully saturated rings. The van der Waals surface area contributed by atoms with E-state index in [1.54, 1.807) is 37.6 Å². The van der Waals surface area contributed by atoms with E-state index in [0.717, 1.165) is 25.7 Å². The maximum atomic E-state index is 13.4. The Morgan fingerprint density at radius 1 is 1.24 bits per heavy atom. The first kappa shape index (κ1) is 21.2. The van der Waals surface area contributed by atoms with Crippen molar-refractivity contribution in [3.05, 3.63) is 54.0 Å². The van der Waals surface area contributed by atoms with E-state index in [2.05, 4.69) is 5.32 Å². The molecule has 6 nitrogen and oxygen atoms in total. The van der Waals surface area contributed by atoms with E-state index in [9.17, 15) is 9.59 Å². The smallest absolute Gasteiger partial charge is 0.247 e. The molecule has 1 aliphatic rings. The highest BCUT2D eigenvalue weighted by molar-refractivity contribution is 6.27. The third-order valence-corrected chi connectivity index (χ3v) is 5.49. The Kier molecular flexibility index (Phi) is 7.58. The van der Waals surface area contributed by atoms with Crippen molar-refractivity contribution in [2.24, 2.45) is 0 Å². The summed E-state index contributed by atoms with van der Waals surface area (Å²) >= 11 is 5.90. The van der Waals surface area contributed by atoms with E-state index in [4.69, 9.17) is 20.8 Å². The minimum absolute atomic E-state index is 0.126. The maximum Gasteiger partial charge on any atom is 0.247 e. The molecular weight excluding hydrogens is 392 g/mol. The molecule has 0 saturated heterocycles. The average Bonchev–Trinajstić information content (AvgIpc) is 3.27. The lowest BCUT2D eigenvalue weighted by Gasteiger charge is -2.32. The molecule has 0 unspecified atom stereocenters. The van der Waals surface area contributed by atoms with Crippen molar-refractivity contribution in [1.82, 2.24) is 10.2 Å². The Morgan fingerprint density at radius 3 is 2.69 bits per heavy atom. The van der Waals surface area contributed by atoms with Crippen LogP contribution in [-0.4, -0.2) is 35.7 Å². The van der Waals surface area contributed by atoms with Gasteiger partial charge in [-0.1, -0.05) is 31.4 Å². The van der Waals surface area contributed by atoms with Crippen molar-refractivity contribution >= 4 is 23.4 Å². The fourth-order valence-electron chi connectivity index (χ4n) is 3.78. The van der Waals surface area contributed by atoms with Crippen LogP contribution in [0, 0.1) is 0 Å². The summed E-state index contributed by atoms with van der Waals surface area (Å²) in [5.41, 5.74) is 0.669. The molecule has 1 aromatic heterocycles. The van der Waals surface area contributed by atoms with Crippen molar-refractivity contribution in [2.45, 2.75) is 50.7 Å². The quantitative estimate of drug-likeness (QED) is 0.656. The van der Waals surface area contributed by atoms with Crippen molar-refractivity contribution in [3.8, 4) is 5.75 Å². The lowest BCUT2D eigenvalue weighted by molar-refractivity contribution is -0.140. The molecule has 2 aromatic rings. The first-order valence-electron chi connectivity index (χ1n) is 9.94. The van der Waals surface area contributed by atoms with E-state index in [-0.39, 0.29) is 30.3 Å². The first-order chi connectivity index (χ1) is 14.1. The number of halogens is 1. The maximum absolute atomic E-state index is 13.4. The Hall–Kier alpha value is -2.47. The number of benzene rings is 1. The van der Waals surface area contributed by atoms with Gasteiger partial charge >= 0.3 is 0 Å². The summed E-state index contributed by atoms with van der Waals surface area (Å²) in [5.74, 6) is 0.429. The lowest BCUT2D eigenvalue weighted by Crippen LogP contribution is -2.47. The average molecular weight is 419 g/mol. The molecule has 1 N–H and O–H groups in total. The third kappa shape index (κ3) is 5.54. The number of methoxy groups -OCH3 is 1. The number of nitrogens with zero attached hydrogens (tertiary/aromatic N) is 1. The second kappa shape index (κ2) is 10.3. The molecule has 0 radical (unpaired) electrons. The summed E-state index contributed by atoms with van der Waals surface area (Å²) in [7, 11) is 1.57. The van der Waals surface area contributed by atoms with Crippen molar-refractivity contribution < 1.29 is 18.7 Å². The molecule has 1 heterocycles. The predicted molar refractivity (Wildman–Crippen MR) is 111 cm³/mol. The molecule has 1 aromatic carbocycles. The summed E-state index contributed by atoms with van der Waals surface area (Å²) in [6.07, 6.45) is 6.86. The number of alkyl halides is 1. The molecular formula is C22H27ClN2O4. The molecule has 1 aliphatic carbocycles. The molecule has 2 amide bonds. The Bertz CT molecular complexity index is 803. The van der Waals surface area contributed by atoms with Gasteiger partial charge in [-0.05, 0) is 42.7 Å². The van der Waals surface area contributed by atoms with Crippen LogP contribution >= 0.6 is 11.6 Å². The molecule has 1 atom stereocenters. The van der Waals surface area contributed by atoms with E-state index in [1.807, 2.05) is 12.1 Å². The fourth-order valence-corrected chi connectivity index (χ4v) is 3.94. The van der Waals surface area contributed by atoms with Gasteiger partial charge in [-0.25, -0.2) is 0 Å². The topological polar surface area (TPSA) is 71.8 Å². The van der Waals surface area contributed by atoms with Gasteiger partial charge in [0.25, 0.3) is 0 Å². The highest BCUT2D eigenvalue weighted by Crippen LogP contribution is 2.28. The number of hydrogen-bond acceptors (Lipinski definition) is 4. The van der Waals surface area contributed by atoms with Crippen molar-refractivity contribution in [2.75, 3.05) is 13.0 Å². The lowest BCUT2D eigenvalue weighted by atomic mass is 9.94. The Labute approximate surface area is 176 Å². The van der Waals surface area contributed by atoms with Crippen LogP contribution in [-0.2, 0) is 16.1 Å². The van der Waals surface area contributed by atoms with Crippen LogP contribution in [0.1, 0.15) is 49.5 Å². The number of nitrogens with one attached hydrogen (secondary N) is 1. The zero-order valence-electron chi connectivity index (χ0n) is 16.6. The summed E-state index contributed by atoms with van der Waals surface area (Å²) in [5, 5.41) is 3.15. The van der Waals surface area contributed by atoms with Crippen LogP contribution < -0.4 is 10.1 Å².